The zero-order chi connectivity index (χ0) is 47.6. The van der Waals surface area contributed by atoms with E-state index in [1.165, 1.54) is 64.2 Å². The molecule has 8 atom stereocenters. The highest BCUT2D eigenvalue weighted by Gasteiger charge is 2.54. The lowest BCUT2D eigenvalue weighted by Gasteiger charge is -2.43. The van der Waals surface area contributed by atoms with Crippen LogP contribution in [0.5, 0.6) is 0 Å². The number of esters is 2. The number of ketones is 1. The van der Waals surface area contributed by atoms with Crippen LogP contribution in [-0.2, 0) is 46.6 Å². The van der Waals surface area contributed by atoms with Crippen LogP contribution in [-0.4, -0.2) is 109 Å². The van der Waals surface area contributed by atoms with E-state index >= 15 is 0 Å². The van der Waals surface area contributed by atoms with Gasteiger partial charge in [0.15, 0.2) is 11.9 Å². The molecule has 64 heavy (non-hydrogen) atoms. The Morgan fingerprint density at radius 1 is 0.531 bits per heavy atom. The third kappa shape index (κ3) is 30.4. The normalized spacial score (nSPS) is 21.9. The summed E-state index contributed by atoms with van der Waals surface area (Å²) >= 11 is 0. The summed E-state index contributed by atoms with van der Waals surface area (Å²) in [6.45, 7) is 2.94. The van der Waals surface area contributed by atoms with Gasteiger partial charge in [-0.1, -0.05) is 154 Å². The second-order valence-electron chi connectivity index (χ2n) is 16.9. The van der Waals surface area contributed by atoms with E-state index in [1.54, 1.807) is 12.2 Å². The van der Waals surface area contributed by atoms with Crippen LogP contribution in [0.4, 0.5) is 0 Å². The molecule has 1 saturated carbocycles. The van der Waals surface area contributed by atoms with E-state index in [-0.39, 0.29) is 18.6 Å². The van der Waals surface area contributed by atoms with Gasteiger partial charge in [-0.15, -0.1) is 0 Å². The molecule has 0 bridgehead atoms. The molecule has 0 aromatic carbocycles. The standard InChI is InChI=1S/C45H82O17P2/c1-3-5-7-8-9-10-11-12-13-14-15-18-22-25-29-33-39(48)60-37(34-58-38(47)32-28-24-21-19-16-17-20-23-27-31-36(46)30-26-6-4-2)35-59-64(56,57)62-45-42(51)40(49)41(50)44(43(45)52)61-63(53,54)55/h20,23,27,31,37,40-45,49-52H,3-19,21-22,24-26,28-30,32-35H2,1-2H3,(H,56,57)(H2,53,54,55)/b23-20-,31-27+/t37-,40?,41?,42?,43?,44-,45+/m1/s1. The summed E-state index contributed by atoms with van der Waals surface area (Å²) in [5.74, 6) is -1.13. The first-order valence-corrected chi connectivity index (χ1v) is 26.9. The second-order valence-corrected chi connectivity index (χ2v) is 19.5. The van der Waals surface area contributed by atoms with Crippen LogP contribution in [0.1, 0.15) is 187 Å². The minimum atomic E-state index is -5.37. The van der Waals surface area contributed by atoms with Crippen molar-refractivity contribution in [1.29, 1.82) is 0 Å². The molecule has 374 valence electrons. The molecule has 1 aliphatic rings. The van der Waals surface area contributed by atoms with Crippen LogP contribution in [0.3, 0.4) is 0 Å². The van der Waals surface area contributed by atoms with Crippen molar-refractivity contribution in [2.45, 2.75) is 230 Å². The van der Waals surface area contributed by atoms with Gasteiger partial charge in [-0.2, -0.15) is 0 Å². The van der Waals surface area contributed by atoms with Crippen LogP contribution in [0, 0.1) is 0 Å². The molecule has 0 spiro atoms. The monoisotopic (exact) mass is 957 g/mol. The summed E-state index contributed by atoms with van der Waals surface area (Å²) in [4.78, 5) is 66.0. The van der Waals surface area contributed by atoms with Crippen LogP contribution in [0.2, 0.25) is 0 Å². The highest BCUT2D eigenvalue weighted by molar-refractivity contribution is 7.47. The average Bonchev–Trinajstić information content (AvgIpc) is 3.24. The fraction of sp³-hybridized carbons (Fsp3) is 0.844. The number of allylic oxidation sites excluding steroid dienone is 4. The Balaban J connectivity index is 2.61. The lowest BCUT2D eigenvalue weighted by Crippen LogP contribution is -2.64. The molecule has 17 nitrogen and oxygen atoms in total. The number of aliphatic hydroxyl groups is 4. The number of carbonyl (C=O) groups is 3. The molecule has 1 rings (SSSR count). The molecule has 7 N–H and O–H groups in total. The molecule has 0 aromatic rings. The van der Waals surface area contributed by atoms with E-state index in [9.17, 15) is 48.8 Å². The average molecular weight is 957 g/mol. The number of phosphoric acid groups is 2. The SMILES string of the molecule is CCCCCCCCCCCCCCCCCC(=O)O[C@H](COC(=O)CCCCCCC/C=C\C=C\C(=O)CCCCC)COP(=O)(O)O[C@H]1C(O)C(O)C(O)[C@@H](OP(=O)(O)O)C1O. The van der Waals surface area contributed by atoms with Crippen molar-refractivity contribution < 1.29 is 81.7 Å². The molecule has 0 saturated heterocycles. The zero-order valence-corrected chi connectivity index (χ0v) is 40.3. The Morgan fingerprint density at radius 2 is 0.984 bits per heavy atom. The highest BCUT2D eigenvalue weighted by Crippen LogP contribution is 2.49. The van der Waals surface area contributed by atoms with Crippen molar-refractivity contribution in [2.75, 3.05) is 13.2 Å². The van der Waals surface area contributed by atoms with Gasteiger partial charge < -0.3 is 44.6 Å². The van der Waals surface area contributed by atoms with Gasteiger partial charge in [0, 0.05) is 19.3 Å². The number of aliphatic hydroxyl groups excluding tert-OH is 4. The quantitative estimate of drug-likeness (QED) is 0.0100. The number of hydrogen-bond donors (Lipinski definition) is 7. The fourth-order valence-electron chi connectivity index (χ4n) is 7.24. The van der Waals surface area contributed by atoms with Crippen molar-refractivity contribution >= 4 is 33.4 Å². The summed E-state index contributed by atoms with van der Waals surface area (Å²) < 4.78 is 49.3. The maximum atomic E-state index is 13.0. The fourth-order valence-corrected chi connectivity index (χ4v) is 8.78. The third-order valence-corrected chi connectivity index (χ3v) is 12.5. The summed E-state index contributed by atoms with van der Waals surface area (Å²) in [5.41, 5.74) is 0. The van der Waals surface area contributed by atoms with Gasteiger partial charge >= 0.3 is 27.6 Å². The lowest BCUT2D eigenvalue weighted by atomic mass is 9.85. The first kappa shape index (κ1) is 60.2. The maximum Gasteiger partial charge on any atom is 0.472 e. The number of phosphoric ester groups is 2. The minimum Gasteiger partial charge on any atom is -0.462 e. The summed E-state index contributed by atoms with van der Waals surface area (Å²) in [5, 5.41) is 41.2. The molecule has 5 unspecified atom stereocenters. The number of carbonyl (C=O) groups excluding carboxylic acids is 3. The molecule has 0 aromatic heterocycles. The first-order valence-electron chi connectivity index (χ1n) is 23.8. The molecular formula is C45H82O17P2. The van der Waals surface area contributed by atoms with Crippen molar-refractivity contribution in [2.24, 2.45) is 0 Å². The zero-order valence-electron chi connectivity index (χ0n) is 38.5. The van der Waals surface area contributed by atoms with Crippen molar-refractivity contribution in [3.05, 3.63) is 24.3 Å². The van der Waals surface area contributed by atoms with Gasteiger partial charge in [-0.05, 0) is 38.2 Å². The van der Waals surface area contributed by atoms with E-state index in [1.807, 2.05) is 12.2 Å². The predicted octanol–water partition coefficient (Wildman–Crippen LogP) is 8.13. The topological polar surface area (TPSA) is 273 Å². The van der Waals surface area contributed by atoms with E-state index in [2.05, 4.69) is 18.4 Å². The Kier molecular flexibility index (Phi) is 34.1. The van der Waals surface area contributed by atoms with Gasteiger partial charge in [0.2, 0.25) is 0 Å². The first-order chi connectivity index (χ1) is 30.5. The number of unbranched alkanes of at least 4 members (excludes halogenated alkanes) is 21. The molecule has 1 fully saturated rings. The number of rotatable bonds is 40. The van der Waals surface area contributed by atoms with Gasteiger partial charge in [0.05, 0.1) is 6.61 Å². The van der Waals surface area contributed by atoms with E-state index in [4.69, 9.17) is 28.3 Å². The number of ether oxygens (including phenoxy) is 2. The molecule has 0 radical (unpaired) electrons. The summed E-state index contributed by atoms with van der Waals surface area (Å²) in [7, 11) is -10.7. The van der Waals surface area contributed by atoms with Crippen LogP contribution < -0.4 is 0 Å². The molecule has 0 amide bonds. The van der Waals surface area contributed by atoms with Crippen LogP contribution >= 0.6 is 15.6 Å². The van der Waals surface area contributed by atoms with Gasteiger partial charge in [0.25, 0.3) is 0 Å². The van der Waals surface area contributed by atoms with Crippen LogP contribution in [0.25, 0.3) is 0 Å². The van der Waals surface area contributed by atoms with Crippen molar-refractivity contribution in [3.8, 4) is 0 Å². The molecule has 0 aliphatic heterocycles. The molecule has 0 heterocycles. The second kappa shape index (κ2) is 36.2. The highest BCUT2D eigenvalue weighted by atomic mass is 31.2. The Hall–Kier alpha value is -1.85. The van der Waals surface area contributed by atoms with E-state index < -0.39 is 83.5 Å². The van der Waals surface area contributed by atoms with Crippen molar-refractivity contribution in [3.63, 3.8) is 0 Å². The number of hydrogen-bond acceptors (Lipinski definition) is 14. The van der Waals surface area contributed by atoms with Gasteiger partial charge in [-0.25, -0.2) is 9.13 Å². The van der Waals surface area contributed by atoms with E-state index in [0.717, 1.165) is 77.0 Å². The molecular weight excluding hydrogens is 874 g/mol. The summed E-state index contributed by atoms with van der Waals surface area (Å²) in [6.07, 6.45) is 18.3. The largest absolute Gasteiger partial charge is 0.472 e. The molecule has 1 aliphatic carbocycles. The van der Waals surface area contributed by atoms with Gasteiger partial charge in [0.1, 0.15) is 43.2 Å². The maximum absolute atomic E-state index is 13.0. The van der Waals surface area contributed by atoms with Gasteiger partial charge in [-0.3, -0.25) is 28.0 Å². The third-order valence-electron chi connectivity index (χ3n) is 11.0. The van der Waals surface area contributed by atoms with Crippen molar-refractivity contribution in [1.82, 2.24) is 0 Å². The predicted molar refractivity (Wildman–Crippen MR) is 242 cm³/mol. The lowest BCUT2D eigenvalue weighted by molar-refractivity contribution is -0.216. The Morgan fingerprint density at radius 3 is 1.52 bits per heavy atom. The minimum absolute atomic E-state index is 0.0307. The summed E-state index contributed by atoms with van der Waals surface area (Å²) in [6, 6.07) is 0. The van der Waals surface area contributed by atoms with Crippen LogP contribution in [0.15, 0.2) is 24.3 Å². The van der Waals surface area contributed by atoms with E-state index in [0.29, 0.717) is 19.3 Å². The smallest absolute Gasteiger partial charge is 0.462 e. The Labute approximate surface area is 381 Å². The Bertz CT molecular complexity index is 1400. The molecule has 19 heteroatoms.